The molecule has 112 valence electrons. The molecule has 0 spiro atoms. The standard InChI is InChI=1S/C17H23N3O/c1-3-15-13-20(12-11-19(15)2)17(21)16-9-5-4-7-14(16)8-6-10-18/h4-5,7,9,15H,3,10-13,18H2,1-2H3. The van der Waals surface area contributed by atoms with Gasteiger partial charge in [-0.25, -0.2) is 0 Å². The van der Waals surface area contributed by atoms with Crippen LogP contribution in [0.25, 0.3) is 0 Å². The minimum atomic E-state index is 0.0727. The fourth-order valence-corrected chi connectivity index (χ4v) is 2.67. The highest BCUT2D eigenvalue weighted by molar-refractivity contribution is 5.96. The van der Waals surface area contributed by atoms with Crippen LogP contribution in [0.1, 0.15) is 29.3 Å². The topological polar surface area (TPSA) is 49.6 Å². The highest BCUT2D eigenvalue weighted by Crippen LogP contribution is 2.16. The Morgan fingerprint density at radius 2 is 2.14 bits per heavy atom. The summed E-state index contributed by atoms with van der Waals surface area (Å²) in [5, 5.41) is 0. The molecule has 0 bridgehead atoms. The number of nitrogens with zero attached hydrogens (tertiary/aromatic N) is 2. The summed E-state index contributed by atoms with van der Waals surface area (Å²) in [6, 6.07) is 7.94. The van der Waals surface area contributed by atoms with E-state index in [2.05, 4.69) is 30.7 Å². The molecule has 1 heterocycles. The maximum Gasteiger partial charge on any atom is 0.255 e. The van der Waals surface area contributed by atoms with Gasteiger partial charge in [0.15, 0.2) is 0 Å². The van der Waals surface area contributed by atoms with E-state index < -0.39 is 0 Å². The highest BCUT2D eigenvalue weighted by Gasteiger charge is 2.27. The third-order valence-corrected chi connectivity index (χ3v) is 4.02. The van der Waals surface area contributed by atoms with E-state index in [-0.39, 0.29) is 5.91 Å². The summed E-state index contributed by atoms with van der Waals surface area (Å²) in [7, 11) is 2.12. The van der Waals surface area contributed by atoms with Crippen molar-refractivity contribution in [3.63, 3.8) is 0 Å². The predicted octanol–water partition coefficient (Wildman–Crippen LogP) is 1.16. The first-order valence-electron chi connectivity index (χ1n) is 7.44. The molecule has 1 saturated heterocycles. The molecule has 0 saturated carbocycles. The van der Waals surface area contributed by atoms with E-state index in [1.54, 1.807) is 0 Å². The van der Waals surface area contributed by atoms with E-state index >= 15 is 0 Å². The zero-order valence-corrected chi connectivity index (χ0v) is 12.8. The number of benzene rings is 1. The van der Waals surface area contributed by atoms with Crippen molar-refractivity contribution in [1.82, 2.24) is 9.80 Å². The van der Waals surface area contributed by atoms with Crippen LogP contribution >= 0.6 is 0 Å². The Morgan fingerprint density at radius 3 is 2.86 bits per heavy atom. The normalized spacial score (nSPS) is 19.0. The van der Waals surface area contributed by atoms with Gasteiger partial charge in [0.2, 0.25) is 0 Å². The van der Waals surface area contributed by atoms with Gasteiger partial charge in [-0.1, -0.05) is 30.9 Å². The summed E-state index contributed by atoms with van der Waals surface area (Å²) in [5.41, 5.74) is 6.86. The molecule has 1 aromatic carbocycles. The van der Waals surface area contributed by atoms with E-state index in [0.29, 0.717) is 18.2 Å². The van der Waals surface area contributed by atoms with E-state index in [4.69, 9.17) is 5.73 Å². The van der Waals surface area contributed by atoms with Crippen LogP contribution in [0.4, 0.5) is 0 Å². The molecule has 1 aliphatic rings. The molecular weight excluding hydrogens is 262 g/mol. The summed E-state index contributed by atoms with van der Waals surface area (Å²) in [6.45, 7) is 4.93. The van der Waals surface area contributed by atoms with Crippen LogP contribution in [0.15, 0.2) is 24.3 Å². The molecule has 2 rings (SSSR count). The van der Waals surface area contributed by atoms with E-state index in [9.17, 15) is 4.79 Å². The Balaban J connectivity index is 2.20. The van der Waals surface area contributed by atoms with E-state index in [1.807, 2.05) is 29.2 Å². The van der Waals surface area contributed by atoms with Crippen LogP contribution in [0, 0.1) is 11.8 Å². The van der Waals surface area contributed by atoms with Gasteiger partial charge in [-0.3, -0.25) is 9.69 Å². The Morgan fingerprint density at radius 1 is 1.38 bits per heavy atom. The fraction of sp³-hybridized carbons (Fsp3) is 0.471. The SMILES string of the molecule is CCC1CN(C(=O)c2ccccc2C#CCN)CCN1C. The molecule has 4 nitrogen and oxygen atoms in total. The number of hydrogen-bond donors (Lipinski definition) is 1. The largest absolute Gasteiger partial charge is 0.336 e. The van der Waals surface area contributed by atoms with Crippen molar-refractivity contribution in [3.8, 4) is 11.8 Å². The number of piperazine rings is 1. The van der Waals surface area contributed by atoms with Gasteiger partial charge in [0.25, 0.3) is 5.91 Å². The average Bonchev–Trinajstić information content (AvgIpc) is 2.53. The summed E-state index contributed by atoms with van der Waals surface area (Å²) in [5.74, 6) is 5.90. The molecule has 2 N–H and O–H groups in total. The van der Waals surface area contributed by atoms with Crippen LogP contribution in [0.5, 0.6) is 0 Å². The number of likely N-dealkylation sites (N-methyl/N-ethyl adjacent to an activating group) is 1. The highest BCUT2D eigenvalue weighted by atomic mass is 16.2. The van der Waals surface area contributed by atoms with Crippen LogP contribution in [-0.4, -0.2) is 55.0 Å². The quantitative estimate of drug-likeness (QED) is 0.830. The van der Waals surface area contributed by atoms with Crippen LogP contribution in [-0.2, 0) is 0 Å². The second-order valence-electron chi connectivity index (χ2n) is 5.35. The first-order valence-corrected chi connectivity index (χ1v) is 7.44. The summed E-state index contributed by atoms with van der Waals surface area (Å²) < 4.78 is 0. The molecule has 1 unspecified atom stereocenters. The Kier molecular flexibility index (Phi) is 5.38. The molecule has 1 aromatic rings. The smallest absolute Gasteiger partial charge is 0.255 e. The van der Waals surface area contributed by atoms with Crippen molar-refractivity contribution < 1.29 is 4.79 Å². The van der Waals surface area contributed by atoms with E-state index in [0.717, 1.165) is 31.6 Å². The summed E-state index contributed by atoms with van der Waals surface area (Å²) >= 11 is 0. The number of hydrogen-bond acceptors (Lipinski definition) is 3. The van der Waals surface area contributed by atoms with Crippen molar-refractivity contribution in [2.75, 3.05) is 33.2 Å². The molecular formula is C17H23N3O. The third-order valence-electron chi connectivity index (χ3n) is 4.02. The Labute approximate surface area is 126 Å². The lowest BCUT2D eigenvalue weighted by atomic mass is 10.0. The van der Waals surface area contributed by atoms with E-state index in [1.165, 1.54) is 0 Å². The number of rotatable bonds is 2. The summed E-state index contributed by atoms with van der Waals surface area (Å²) in [4.78, 5) is 17.0. The third kappa shape index (κ3) is 3.63. The average molecular weight is 285 g/mol. The molecule has 0 aromatic heterocycles. The number of carbonyl (C=O) groups is 1. The molecule has 0 aliphatic carbocycles. The molecule has 1 amide bonds. The summed E-state index contributed by atoms with van der Waals surface area (Å²) in [6.07, 6.45) is 1.05. The molecule has 0 radical (unpaired) electrons. The number of amides is 1. The van der Waals surface area contributed by atoms with Crippen molar-refractivity contribution in [3.05, 3.63) is 35.4 Å². The molecule has 4 heteroatoms. The van der Waals surface area contributed by atoms with Gasteiger partial charge in [0.05, 0.1) is 12.1 Å². The molecule has 21 heavy (non-hydrogen) atoms. The fourth-order valence-electron chi connectivity index (χ4n) is 2.67. The zero-order chi connectivity index (χ0) is 15.2. The maximum absolute atomic E-state index is 12.8. The zero-order valence-electron chi connectivity index (χ0n) is 12.8. The maximum atomic E-state index is 12.8. The molecule has 1 atom stereocenters. The minimum absolute atomic E-state index is 0.0727. The lowest BCUT2D eigenvalue weighted by Gasteiger charge is -2.39. The van der Waals surface area contributed by atoms with Gasteiger partial charge >= 0.3 is 0 Å². The van der Waals surface area contributed by atoms with Crippen LogP contribution in [0.3, 0.4) is 0 Å². The predicted molar refractivity (Wildman–Crippen MR) is 85.0 cm³/mol. The van der Waals surface area contributed by atoms with Gasteiger partial charge in [0, 0.05) is 31.2 Å². The van der Waals surface area contributed by atoms with Crippen LogP contribution in [0.2, 0.25) is 0 Å². The van der Waals surface area contributed by atoms with Gasteiger partial charge in [0.1, 0.15) is 0 Å². The van der Waals surface area contributed by atoms with Crippen molar-refractivity contribution in [1.29, 1.82) is 0 Å². The minimum Gasteiger partial charge on any atom is -0.336 e. The van der Waals surface area contributed by atoms with Gasteiger partial charge in [-0.15, -0.1) is 0 Å². The Hall–Kier alpha value is -1.83. The van der Waals surface area contributed by atoms with Gasteiger partial charge < -0.3 is 10.6 Å². The van der Waals surface area contributed by atoms with Crippen molar-refractivity contribution in [2.45, 2.75) is 19.4 Å². The Bertz CT molecular complexity index is 559. The van der Waals surface area contributed by atoms with Crippen LogP contribution < -0.4 is 5.73 Å². The van der Waals surface area contributed by atoms with Crippen molar-refractivity contribution >= 4 is 5.91 Å². The molecule has 1 aliphatic heterocycles. The van der Waals surface area contributed by atoms with Gasteiger partial charge in [-0.2, -0.15) is 0 Å². The second kappa shape index (κ2) is 7.26. The first kappa shape index (κ1) is 15.6. The second-order valence-corrected chi connectivity index (χ2v) is 5.35. The lowest BCUT2D eigenvalue weighted by molar-refractivity contribution is 0.0541. The van der Waals surface area contributed by atoms with Gasteiger partial charge in [-0.05, 0) is 25.6 Å². The first-order chi connectivity index (χ1) is 10.2. The monoisotopic (exact) mass is 285 g/mol. The lowest BCUT2D eigenvalue weighted by Crippen LogP contribution is -2.53. The van der Waals surface area contributed by atoms with Crippen molar-refractivity contribution in [2.24, 2.45) is 5.73 Å². The number of carbonyl (C=O) groups excluding carboxylic acids is 1. The number of nitrogens with two attached hydrogens (primary N) is 1. The molecule has 1 fully saturated rings.